The fourth-order valence-electron chi connectivity index (χ4n) is 0.969. The van der Waals surface area contributed by atoms with Crippen LogP contribution in [0.3, 0.4) is 0 Å². The molecule has 3 nitrogen and oxygen atoms in total. The second kappa shape index (κ2) is 5.30. The highest BCUT2D eigenvalue weighted by molar-refractivity contribution is 7.91. The Balaban J connectivity index is 2.74. The second-order valence-electron chi connectivity index (χ2n) is 3.47. The van der Waals surface area contributed by atoms with Crippen LogP contribution in [-0.4, -0.2) is 20.3 Å². The molecule has 15 heavy (non-hydrogen) atoms. The number of halogens is 1. The van der Waals surface area contributed by atoms with Crippen LogP contribution in [0.1, 0.15) is 13.8 Å². The Morgan fingerprint density at radius 2 is 2.20 bits per heavy atom. The topological polar surface area (TPSA) is 46.2 Å². The lowest BCUT2D eigenvalue weighted by molar-refractivity contribution is 0.481. The maximum Gasteiger partial charge on any atom is 0.250 e. The van der Waals surface area contributed by atoms with Crippen molar-refractivity contribution in [2.75, 3.05) is 5.88 Å². The molecule has 1 N–H and O–H groups in total. The molecule has 0 radical (unpaired) electrons. The lowest BCUT2D eigenvalue weighted by atomic mass is 10.1. The number of nitrogens with one attached hydrogen (secondary N) is 1. The van der Waals surface area contributed by atoms with E-state index in [0.29, 0.717) is 10.1 Å². The van der Waals surface area contributed by atoms with Crippen molar-refractivity contribution >= 4 is 33.0 Å². The van der Waals surface area contributed by atoms with Gasteiger partial charge < -0.3 is 0 Å². The molecule has 0 aliphatic carbocycles. The molecule has 1 aromatic heterocycles. The van der Waals surface area contributed by atoms with Crippen LogP contribution in [0.5, 0.6) is 0 Å². The quantitative estimate of drug-likeness (QED) is 0.832. The van der Waals surface area contributed by atoms with Crippen LogP contribution in [0.15, 0.2) is 21.7 Å². The summed E-state index contributed by atoms with van der Waals surface area (Å²) in [5.41, 5.74) is 0. The minimum absolute atomic E-state index is 0.112. The number of hydrogen-bond acceptors (Lipinski definition) is 3. The van der Waals surface area contributed by atoms with Gasteiger partial charge in [0.1, 0.15) is 4.21 Å². The molecular weight excluding hydrogens is 254 g/mol. The number of hydrogen-bond donors (Lipinski definition) is 1. The van der Waals surface area contributed by atoms with E-state index in [2.05, 4.69) is 4.72 Å². The molecule has 0 fully saturated rings. The van der Waals surface area contributed by atoms with Crippen LogP contribution in [0, 0.1) is 5.92 Å². The standard InChI is InChI=1S/C9H14ClNO2S2/c1-7(6-10)8(2)11-15(12,13)9-4-3-5-14-9/h3-5,7-8,11H,6H2,1-2H3. The summed E-state index contributed by atoms with van der Waals surface area (Å²) in [5.74, 6) is 0.551. The number of alkyl halides is 1. The van der Waals surface area contributed by atoms with E-state index in [1.54, 1.807) is 17.5 Å². The second-order valence-corrected chi connectivity index (χ2v) is 6.67. The average molecular weight is 268 g/mol. The summed E-state index contributed by atoms with van der Waals surface area (Å²) in [6, 6.07) is 3.15. The molecule has 1 aromatic rings. The van der Waals surface area contributed by atoms with Crippen LogP contribution in [0.25, 0.3) is 0 Å². The molecule has 0 amide bonds. The molecule has 6 heteroatoms. The van der Waals surface area contributed by atoms with Crippen molar-refractivity contribution in [2.45, 2.75) is 24.1 Å². The van der Waals surface area contributed by atoms with Gasteiger partial charge in [0.05, 0.1) is 0 Å². The molecular formula is C9H14ClNO2S2. The Labute approximate surface area is 99.5 Å². The molecule has 0 bridgehead atoms. The highest BCUT2D eigenvalue weighted by Crippen LogP contribution is 2.17. The van der Waals surface area contributed by atoms with Crippen LogP contribution >= 0.6 is 22.9 Å². The third kappa shape index (κ3) is 3.45. The molecule has 0 spiro atoms. The molecule has 0 saturated carbocycles. The lowest BCUT2D eigenvalue weighted by Gasteiger charge is -2.18. The summed E-state index contributed by atoms with van der Waals surface area (Å²) in [6.07, 6.45) is 0. The van der Waals surface area contributed by atoms with Crippen molar-refractivity contribution in [3.8, 4) is 0 Å². The predicted octanol–water partition coefficient (Wildman–Crippen LogP) is 2.29. The molecule has 0 saturated heterocycles. The van der Waals surface area contributed by atoms with Crippen molar-refractivity contribution in [3.05, 3.63) is 17.5 Å². The van der Waals surface area contributed by atoms with Crippen molar-refractivity contribution < 1.29 is 8.42 Å². The van der Waals surface area contributed by atoms with E-state index in [-0.39, 0.29) is 12.0 Å². The smallest absolute Gasteiger partial charge is 0.207 e. The Kier molecular flexibility index (Phi) is 4.58. The molecule has 1 heterocycles. The van der Waals surface area contributed by atoms with Gasteiger partial charge in [0, 0.05) is 11.9 Å². The van der Waals surface area contributed by atoms with Gasteiger partial charge >= 0.3 is 0 Å². The van der Waals surface area contributed by atoms with Crippen molar-refractivity contribution in [1.82, 2.24) is 4.72 Å². The number of thiophene rings is 1. The van der Waals surface area contributed by atoms with Gasteiger partial charge in [-0.25, -0.2) is 13.1 Å². The number of sulfonamides is 1. The van der Waals surface area contributed by atoms with E-state index in [0.717, 1.165) is 0 Å². The van der Waals surface area contributed by atoms with Crippen LogP contribution in [0.4, 0.5) is 0 Å². The Morgan fingerprint density at radius 1 is 1.53 bits per heavy atom. The minimum Gasteiger partial charge on any atom is -0.207 e. The van der Waals surface area contributed by atoms with E-state index in [9.17, 15) is 8.42 Å². The number of rotatable bonds is 5. The Bertz CT molecular complexity index is 388. The summed E-state index contributed by atoms with van der Waals surface area (Å²) in [6.45, 7) is 3.73. The Morgan fingerprint density at radius 3 is 2.67 bits per heavy atom. The van der Waals surface area contributed by atoms with Gasteiger partial charge in [-0.1, -0.05) is 13.0 Å². The molecule has 86 valence electrons. The van der Waals surface area contributed by atoms with Gasteiger partial charge in [-0.3, -0.25) is 0 Å². The first kappa shape index (κ1) is 13.0. The van der Waals surface area contributed by atoms with Gasteiger partial charge in [0.15, 0.2) is 0 Å². The van der Waals surface area contributed by atoms with Crippen LogP contribution in [0.2, 0.25) is 0 Å². The van der Waals surface area contributed by atoms with Gasteiger partial charge in [-0.2, -0.15) is 0 Å². The average Bonchev–Trinajstić information content (AvgIpc) is 2.69. The first-order valence-corrected chi connectivity index (χ1v) is 7.49. The zero-order valence-corrected chi connectivity index (χ0v) is 11.0. The summed E-state index contributed by atoms with van der Waals surface area (Å²) in [5, 5.41) is 1.74. The van der Waals surface area contributed by atoms with Gasteiger partial charge in [0.25, 0.3) is 0 Å². The van der Waals surface area contributed by atoms with Gasteiger partial charge in [-0.15, -0.1) is 22.9 Å². The SMILES string of the molecule is CC(CCl)C(C)NS(=O)(=O)c1cccs1. The third-order valence-corrected chi connectivity index (χ3v) is 5.64. The van der Waals surface area contributed by atoms with E-state index in [4.69, 9.17) is 11.6 Å². The van der Waals surface area contributed by atoms with Crippen molar-refractivity contribution in [1.29, 1.82) is 0 Å². The van der Waals surface area contributed by atoms with Crippen molar-refractivity contribution in [3.63, 3.8) is 0 Å². The zero-order valence-electron chi connectivity index (χ0n) is 8.60. The first-order valence-electron chi connectivity index (χ1n) is 4.59. The summed E-state index contributed by atoms with van der Waals surface area (Å²) in [4.78, 5) is 0. The first-order chi connectivity index (χ1) is 6.97. The summed E-state index contributed by atoms with van der Waals surface area (Å²) in [7, 11) is -3.36. The molecule has 0 aromatic carbocycles. The highest BCUT2D eigenvalue weighted by Gasteiger charge is 2.21. The van der Waals surface area contributed by atoms with Crippen molar-refractivity contribution in [2.24, 2.45) is 5.92 Å². The fourth-order valence-corrected chi connectivity index (χ4v) is 3.60. The summed E-state index contributed by atoms with van der Waals surface area (Å²) >= 11 is 6.88. The van der Waals surface area contributed by atoms with E-state index in [1.807, 2.05) is 13.8 Å². The van der Waals surface area contributed by atoms with Crippen LogP contribution in [-0.2, 0) is 10.0 Å². The molecule has 2 atom stereocenters. The van der Waals surface area contributed by atoms with E-state index >= 15 is 0 Å². The minimum atomic E-state index is -3.36. The maximum atomic E-state index is 11.8. The zero-order chi connectivity index (χ0) is 11.5. The fraction of sp³-hybridized carbons (Fsp3) is 0.556. The molecule has 0 aliphatic heterocycles. The largest absolute Gasteiger partial charge is 0.250 e. The predicted molar refractivity (Wildman–Crippen MR) is 64.0 cm³/mol. The normalized spacial score (nSPS) is 16.2. The Hall–Kier alpha value is -0.100. The maximum absolute atomic E-state index is 11.8. The van der Waals surface area contributed by atoms with E-state index in [1.165, 1.54) is 11.3 Å². The molecule has 2 unspecified atom stereocenters. The lowest BCUT2D eigenvalue weighted by Crippen LogP contribution is -2.37. The third-order valence-electron chi connectivity index (χ3n) is 2.20. The van der Waals surface area contributed by atoms with Crippen LogP contribution < -0.4 is 4.72 Å². The summed E-state index contributed by atoms with van der Waals surface area (Å²) < 4.78 is 26.5. The van der Waals surface area contributed by atoms with E-state index < -0.39 is 10.0 Å². The van der Waals surface area contributed by atoms with Gasteiger partial charge in [0.2, 0.25) is 10.0 Å². The molecule has 0 aliphatic rings. The molecule has 1 rings (SSSR count). The monoisotopic (exact) mass is 267 g/mol. The van der Waals surface area contributed by atoms with Gasteiger partial charge in [-0.05, 0) is 24.3 Å². The highest BCUT2D eigenvalue weighted by atomic mass is 35.5.